The Morgan fingerprint density at radius 1 is 1.40 bits per heavy atom. The fraction of sp³-hybridized carbons (Fsp3) is 0.375. The Labute approximate surface area is 123 Å². The van der Waals surface area contributed by atoms with Crippen molar-refractivity contribution in [2.75, 3.05) is 0 Å². The summed E-state index contributed by atoms with van der Waals surface area (Å²) < 4.78 is 0. The van der Waals surface area contributed by atoms with Crippen LogP contribution in [0.1, 0.15) is 45.3 Å². The number of carbonyl (C=O) groups is 1. The van der Waals surface area contributed by atoms with Crippen LogP contribution in [-0.2, 0) is 12.8 Å². The van der Waals surface area contributed by atoms with E-state index in [0.29, 0.717) is 23.6 Å². The second-order valence-corrected chi connectivity index (χ2v) is 6.54. The first-order chi connectivity index (χ1) is 9.45. The van der Waals surface area contributed by atoms with E-state index in [2.05, 4.69) is 44.0 Å². The van der Waals surface area contributed by atoms with Gasteiger partial charge >= 0.3 is 5.97 Å². The maximum absolute atomic E-state index is 11.3. The Balaban J connectivity index is 2.26. The van der Waals surface area contributed by atoms with Crippen LogP contribution in [0.2, 0.25) is 0 Å². The van der Waals surface area contributed by atoms with E-state index in [0.717, 1.165) is 10.7 Å². The molecule has 0 saturated heterocycles. The van der Waals surface area contributed by atoms with Gasteiger partial charge in [0.15, 0.2) is 0 Å². The summed E-state index contributed by atoms with van der Waals surface area (Å²) in [6.07, 6.45) is 1.41. The second kappa shape index (κ2) is 6.18. The van der Waals surface area contributed by atoms with Crippen LogP contribution in [0.4, 0.5) is 0 Å². The number of hydrogen-bond donors (Lipinski definition) is 1. The molecule has 0 spiro atoms. The molecule has 0 aliphatic rings. The summed E-state index contributed by atoms with van der Waals surface area (Å²) >= 11 is 1.30. The van der Waals surface area contributed by atoms with E-state index < -0.39 is 5.97 Å². The van der Waals surface area contributed by atoms with E-state index >= 15 is 0 Å². The van der Waals surface area contributed by atoms with Crippen LogP contribution < -0.4 is 0 Å². The van der Waals surface area contributed by atoms with E-state index in [1.54, 1.807) is 0 Å². The maximum atomic E-state index is 11.3. The topological polar surface area (TPSA) is 50.2 Å². The van der Waals surface area contributed by atoms with Crippen molar-refractivity contribution in [1.29, 1.82) is 0 Å². The largest absolute Gasteiger partial charge is 0.477 e. The third-order valence-electron chi connectivity index (χ3n) is 2.98. The standard InChI is InChI=1S/C16H19NO2S/c1-10(2)7-13-15(16(18)19)20-14(17-13)9-12-6-4-5-11(3)8-12/h4-6,8,10H,7,9H2,1-3H3,(H,18,19). The highest BCUT2D eigenvalue weighted by Crippen LogP contribution is 2.23. The molecule has 1 aromatic heterocycles. The number of carboxylic acid groups (broad SMARTS) is 1. The van der Waals surface area contributed by atoms with Gasteiger partial charge in [-0.1, -0.05) is 43.7 Å². The van der Waals surface area contributed by atoms with Gasteiger partial charge in [-0.25, -0.2) is 9.78 Å². The fourth-order valence-corrected chi connectivity index (χ4v) is 3.13. The quantitative estimate of drug-likeness (QED) is 0.907. The number of aryl methyl sites for hydroxylation is 1. The molecule has 20 heavy (non-hydrogen) atoms. The maximum Gasteiger partial charge on any atom is 0.347 e. The van der Waals surface area contributed by atoms with Gasteiger partial charge in [0.1, 0.15) is 4.88 Å². The molecule has 106 valence electrons. The van der Waals surface area contributed by atoms with Crippen LogP contribution in [0.15, 0.2) is 24.3 Å². The molecule has 0 radical (unpaired) electrons. The molecule has 1 heterocycles. The van der Waals surface area contributed by atoms with Gasteiger partial charge in [-0.15, -0.1) is 11.3 Å². The molecule has 0 fully saturated rings. The van der Waals surface area contributed by atoms with Gasteiger partial charge in [0.25, 0.3) is 0 Å². The van der Waals surface area contributed by atoms with Crippen LogP contribution >= 0.6 is 11.3 Å². The van der Waals surface area contributed by atoms with Crippen LogP contribution in [0.25, 0.3) is 0 Å². The first-order valence-electron chi connectivity index (χ1n) is 6.73. The van der Waals surface area contributed by atoms with Crippen molar-refractivity contribution < 1.29 is 9.90 Å². The number of aromatic carboxylic acids is 1. The molecule has 1 N–H and O–H groups in total. The normalized spacial score (nSPS) is 11.0. The number of rotatable bonds is 5. The van der Waals surface area contributed by atoms with Crippen molar-refractivity contribution in [3.8, 4) is 0 Å². The van der Waals surface area contributed by atoms with Crippen molar-refractivity contribution in [2.24, 2.45) is 5.92 Å². The average molecular weight is 289 g/mol. The minimum Gasteiger partial charge on any atom is -0.477 e. The summed E-state index contributed by atoms with van der Waals surface area (Å²) in [5.74, 6) is -0.462. The summed E-state index contributed by atoms with van der Waals surface area (Å²) in [5.41, 5.74) is 3.10. The molecule has 0 aliphatic heterocycles. The molecule has 2 rings (SSSR count). The molecule has 0 aliphatic carbocycles. The second-order valence-electron chi connectivity index (χ2n) is 5.45. The number of nitrogens with zero attached hydrogens (tertiary/aromatic N) is 1. The van der Waals surface area contributed by atoms with Crippen LogP contribution in [0, 0.1) is 12.8 Å². The third-order valence-corrected chi connectivity index (χ3v) is 4.06. The summed E-state index contributed by atoms with van der Waals surface area (Å²) in [7, 11) is 0. The lowest BCUT2D eigenvalue weighted by atomic mass is 10.1. The molecule has 0 atom stereocenters. The van der Waals surface area contributed by atoms with E-state index in [1.807, 2.05) is 6.07 Å². The minimum absolute atomic E-state index is 0.390. The lowest BCUT2D eigenvalue weighted by Gasteiger charge is -2.01. The molecule has 3 nitrogen and oxygen atoms in total. The Kier molecular flexibility index (Phi) is 4.55. The lowest BCUT2D eigenvalue weighted by Crippen LogP contribution is -2.02. The van der Waals surface area contributed by atoms with E-state index in [1.165, 1.54) is 22.5 Å². The Morgan fingerprint density at radius 2 is 2.15 bits per heavy atom. The summed E-state index contributed by atoms with van der Waals surface area (Å²) in [6, 6.07) is 8.24. The molecule has 0 amide bonds. The SMILES string of the molecule is Cc1cccc(Cc2nc(CC(C)C)c(C(=O)O)s2)c1. The highest BCUT2D eigenvalue weighted by molar-refractivity contribution is 7.13. The van der Waals surface area contributed by atoms with Crippen LogP contribution in [-0.4, -0.2) is 16.1 Å². The number of thiazole rings is 1. The molecule has 0 unspecified atom stereocenters. The monoisotopic (exact) mass is 289 g/mol. The van der Waals surface area contributed by atoms with Crippen molar-refractivity contribution in [3.63, 3.8) is 0 Å². The third kappa shape index (κ3) is 3.67. The Hall–Kier alpha value is -1.68. The average Bonchev–Trinajstić information content (AvgIpc) is 2.71. The molecular weight excluding hydrogens is 270 g/mol. The summed E-state index contributed by atoms with van der Waals surface area (Å²) in [6.45, 7) is 6.20. The van der Waals surface area contributed by atoms with Gasteiger partial charge in [-0.2, -0.15) is 0 Å². The zero-order valence-electron chi connectivity index (χ0n) is 12.0. The first kappa shape index (κ1) is 14.7. The van der Waals surface area contributed by atoms with Crippen molar-refractivity contribution in [2.45, 2.75) is 33.6 Å². The van der Waals surface area contributed by atoms with Gasteiger partial charge in [-0.05, 0) is 24.8 Å². The Morgan fingerprint density at radius 3 is 2.75 bits per heavy atom. The number of hydrogen-bond acceptors (Lipinski definition) is 3. The highest BCUT2D eigenvalue weighted by atomic mass is 32.1. The van der Waals surface area contributed by atoms with Gasteiger partial charge in [0.05, 0.1) is 10.7 Å². The molecule has 2 aromatic rings. The predicted molar refractivity (Wildman–Crippen MR) is 81.6 cm³/mol. The number of benzene rings is 1. The van der Waals surface area contributed by atoms with Crippen molar-refractivity contribution >= 4 is 17.3 Å². The van der Waals surface area contributed by atoms with E-state index in [9.17, 15) is 9.90 Å². The smallest absolute Gasteiger partial charge is 0.347 e. The molecule has 0 saturated carbocycles. The number of carboxylic acids is 1. The van der Waals surface area contributed by atoms with E-state index in [4.69, 9.17) is 0 Å². The summed E-state index contributed by atoms with van der Waals surface area (Å²) in [4.78, 5) is 16.2. The zero-order chi connectivity index (χ0) is 14.7. The molecule has 4 heteroatoms. The predicted octanol–water partition coefficient (Wildman–Crippen LogP) is 3.94. The first-order valence-corrected chi connectivity index (χ1v) is 7.54. The summed E-state index contributed by atoms with van der Waals surface area (Å²) in [5, 5.41) is 10.2. The van der Waals surface area contributed by atoms with Crippen LogP contribution in [0.5, 0.6) is 0 Å². The molecular formula is C16H19NO2S. The zero-order valence-corrected chi connectivity index (χ0v) is 12.8. The van der Waals surface area contributed by atoms with E-state index in [-0.39, 0.29) is 0 Å². The fourth-order valence-electron chi connectivity index (χ4n) is 2.17. The van der Waals surface area contributed by atoms with Crippen LogP contribution in [0.3, 0.4) is 0 Å². The van der Waals surface area contributed by atoms with Gasteiger partial charge in [-0.3, -0.25) is 0 Å². The van der Waals surface area contributed by atoms with Gasteiger partial charge in [0.2, 0.25) is 0 Å². The molecule has 0 bridgehead atoms. The molecule has 1 aromatic carbocycles. The van der Waals surface area contributed by atoms with Crippen molar-refractivity contribution in [1.82, 2.24) is 4.98 Å². The van der Waals surface area contributed by atoms with Crippen molar-refractivity contribution in [3.05, 3.63) is 51.0 Å². The van der Waals surface area contributed by atoms with Gasteiger partial charge in [0, 0.05) is 6.42 Å². The highest BCUT2D eigenvalue weighted by Gasteiger charge is 2.18. The lowest BCUT2D eigenvalue weighted by molar-refractivity contribution is 0.0700. The Bertz CT molecular complexity index is 617. The minimum atomic E-state index is -0.867. The van der Waals surface area contributed by atoms with Gasteiger partial charge < -0.3 is 5.11 Å². The number of aromatic nitrogens is 1.